The summed E-state index contributed by atoms with van der Waals surface area (Å²) in [4.78, 5) is 0. The van der Waals surface area contributed by atoms with E-state index in [1.165, 1.54) is 51.1 Å². The lowest BCUT2D eigenvalue weighted by Gasteiger charge is -2.42. The molecular formula is C19H29P2-. The highest BCUT2D eigenvalue weighted by Gasteiger charge is 2.30. The normalized spacial score (nSPS) is 25.8. The molecule has 1 aromatic carbocycles. The number of rotatable bonds is 3. The Labute approximate surface area is 133 Å². The highest BCUT2D eigenvalue weighted by molar-refractivity contribution is 7.69. The molecular weight excluding hydrogens is 290 g/mol. The Kier molecular flexibility index (Phi) is 4.76. The lowest BCUT2D eigenvalue weighted by Crippen LogP contribution is -2.30. The summed E-state index contributed by atoms with van der Waals surface area (Å²) in [5.41, 5.74) is 3.89. The summed E-state index contributed by atoms with van der Waals surface area (Å²) in [6, 6.07) is 5.09. The molecule has 0 aromatic heterocycles. The van der Waals surface area contributed by atoms with E-state index in [9.17, 15) is 0 Å². The Morgan fingerprint density at radius 3 is 2.14 bits per heavy atom. The fourth-order valence-electron chi connectivity index (χ4n) is 4.87. The van der Waals surface area contributed by atoms with Gasteiger partial charge in [0, 0.05) is 0 Å². The molecule has 2 fully saturated rings. The van der Waals surface area contributed by atoms with Crippen LogP contribution < -0.4 is 10.6 Å². The van der Waals surface area contributed by atoms with Gasteiger partial charge in [0.05, 0.1) is 0 Å². The lowest BCUT2D eigenvalue weighted by molar-refractivity contribution is 0.487. The maximum absolute atomic E-state index is 2.59. The summed E-state index contributed by atoms with van der Waals surface area (Å²) in [7, 11) is 1.29. The Morgan fingerprint density at radius 2 is 1.52 bits per heavy atom. The van der Waals surface area contributed by atoms with Crippen LogP contribution in [0.4, 0.5) is 0 Å². The van der Waals surface area contributed by atoms with Gasteiger partial charge < -0.3 is 0 Å². The molecule has 4 rings (SSSR count). The smallest absolute Gasteiger partial charge is 0.0280 e. The molecule has 1 unspecified atom stereocenters. The number of aryl methyl sites for hydroxylation is 1. The van der Waals surface area contributed by atoms with E-state index in [-0.39, 0.29) is 7.92 Å². The molecule has 1 atom stereocenters. The average Bonchev–Trinajstić information content (AvgIpc) is 3.15. The van der Waals surface area contributed by atoms with Crippen LogP contribution >= 0.6 is 16.5 Å². The van der Waals surface area contributed by atoms with Crippen molar-refractivity contribution in [2.45, 2.75) is 81.9 Å². The molecule has 116 valence electrons. The quantitative estimate of drug-likeness (QED) is 0.541. The summed E-state index contributed by atoms with van der Waals surface area (Å²) in [6.07, 6.45) is 18.1. The third-order valence-electron chi connectivity index (χ3n) is 5.93. The fourth-order valence-corrected chi connectivity index (χ4v) is 10.7. The summed E-state index contributed by atoms with van der Waals surface area (Å²) < 4.78 is 0. The van der Waals surface area contributed by atoms with Crippen molar-refractivity contribution in [1.82, 2.24) is 0 Å². The van der Waals surface area contributed by atoms with Gasteiger partial charge in [0.2, 0.25) is 0 Å². The second-order valence-electron chi connectivity index (χ2n) is 7.29. The summed E-state index contributed by atoms with van der Waals surface area (Å²) in [5.74, 6) is 0. The molecule has 0 nitrogen and oxygen atoms in total. The van der Waals surface area contributed by atoms with Crippen LogP contribution in [0.15, 0.2) is 12.1 Å². The predicted molar refractivity (Wildman–Crippen MR) is 98.9 cm³/mol. The van der Waals surface area contributed by atoms with Gasteiger partial charge in [-0.15, -0.1) is 27.4 Å². The molecule has 0 spiro atoms. The van der Waals surface area contributed by atoms with Crippen molar-refractivity contribution in [2.24, 2.45) is 0 Å². The highest BCUT2D eigenvalue weighted by Crippen LogP contribution is 2.55. The van der Waals surface area contributed by atoms with Crippen LogP contribution in [0.1, 0.15) is 69.8 Å². The zero-order chi connectivity index (χ0) is 14.1. The molecule has 2 heteroatoms. The first-order chi connectivity index (χ1) is 10.4. The topological polar surface area (TPSA) is 0 Å². The molecule has 1 aromatic rings. The lowest BCUT2D eigenvalue weighted by atomic mass is 9.99. The molecule has 0 N–H and O–H groups in total. The van der Waals surface area contributed by atoms with Crippen LogP contribution in [0.25, 0.3) is 0 Å². The summed E-state index contributed by atoms with van der Waals surface area (Å²) in [5, 5.41) is 3.76. The number of hydrogen-bond acceptors (Lipinski definition) is 0. The molecule has 2 aliphatic carbocycles. The first-order valence-corrected chi connectivity index (χ1v) is 11.9. The summed E-state index contributed by atoms with van der Waals surface area (Å²) in [6.45, 7) is 0. The van der Waals surface area contributed by atoms with Gasteiger partial charge in [0.15, 0.2) is 0 Å². The molecule has 0 saturated heterocycles. The predicted octanol–water partition coefficient (Wildman–Crippen LogP) is 5.04. The minimum absolute atomic E-state index is 0.149. The van der Waals surface area contributed by atoms with Crippen molar-refractivity contribution in [3.63, 3.8) is 0 Å². The van der Waals surface area contributed by atoms with E-state index < -0.39 is 0 Å². The van der Waals surface area contributed by atoms with E-state index in [0.717, 1.165) is 19.9 Å². The minimum atomic E-state index is 0.149. The maximum Gasteiger partial charge on any atom is -0.0280 e. The van der Waals surface area contributed by atoms with Gasteiger partial charge in [-0.25, -0.2) is 6.07 Å². The van der Waals surface area contributed by atoms with Crippen molar-refractivity contribution >= 4 is 27.1 Å². The minimum Gasteiger partial charge on any atom is -0.205 e. The van der Waals surface area contributed by atoms with Crippen LogP contribution in [0.5, 0.6) is 0 Å². The molecule has 0 bridgehead atoms. The van der Waals surface area contributed by atoms with Gasteiger partial charge >= 0.3 is 0 Å². The largest absolute Gasteiger partial charge is 0.205 e. The zero-order valence-corrected chi connectivity index (χ0v) is 15.1. The average molecular weight is 319 g/mol. The fraction of sp³-hybridized carbons (Fsp3) is 0.737. The standard InChI is InChI=1S/C19H29P2/c1-3-7-16(8-4-1)21(17-9-5-2-6-10-17)18-12-11-15-13-14-20-19(15)18/h11-12,16-17,20H,1-10,13-14H2/q-1. The van der Waals surface area contributed by atoms with Gasteiger partial charge in [-0.05, 0) is 43.2 Å². The Hall–Kier alpha value is 0.210. The summed E-state index contributed by atoms with van der Waals surface area (Å²) >= 11 is 0. The van der Waals surface area contributed by atoms with Gasteiger partial charge in [0.25, 0.3) is 0 Å². The molecule has 21 heavy (non-hydrogen) atoms. The molecule has 1 heterocycles. The van der Waals surface area contributed by atoms with E-state index in [4.69, 9.17) is 0 Å². The van der Waals surface area contributed by atoms with Crippen LogP contribution in [0.2, 0.25) is 0 Å². The van der Waals surface area contributed by atoms with Gasteiger partial charge in [-0.1, -0.05) is 44.9 Å². The molecule has 0 amide bonds. The van der Waals surface area contributed by atoms with E-state index in [2.05, 4.69) is 12.1 Å². The van der Waals surface area contributed by atoms with E-state index in [1.807, 2.05) is 10.6 Å². The van der Waals surface area contributed by atoms with Crippen molar-refractivity contribution in [2.75, 3.05) is 6.16 Å². The Morgan fingerprint density at radius 1 is 0.905 bits per heavy atom. The van der Waals surface area contributed by atoms with Crippen LogP contribution in [-0.2, 0) is 6.42 Å². The second kappa shape index (κ2) is 6.76. The van der Waals surface area contributed by atoms with Gasteiger partial charge in [-0.2, -0.15) is 11.4 Å². The Bertz CT molecular complexity index is 446. The van der Waals surface area contributed by atoms with Gasteiger partial charge in [-0.3, -0.25) is 0 Å². The Balaban J connectivity index is 1.64. The van der Waals surface area contributed by atoms with E-state index in [0.29, 0.717) is 0 Å². The van der Waals surface area contributed by atoms with Crippen LogP contribution in [0.3, 0.4) is 0 Å². The first kappa shape index (κ1) is 14.8. The SMILES string of the molecule is c1c[c-]2c(c1P(C1CCCCC1)C1CCCCC1)PCC2. The van der Waals surface area contributed by atoms with Crippen molar-refractivity contribution in [1.29, 1.82) is 0 Å². The van der Waals surface area contributed by atoms with Crippen LogP contribution in [-0.4, -0.2) is 17.5 Å². The van der Waals surface area contributed by atoms with Crippen molar-refractivity contribution in [3.8, 4) is 0 Å². The zero-order valence-electron chi connectivity index (χ0n) is 13.2. The van der Waals surface area contributed by atoms with Crippen LogP contribution in [0, 0.1) is 0 Å². The van der Waals surface area contributed by atoms with Crippen molar-refractivity contribution < 1.29 is 0 Å². The third-order valence-corrected chi connectivity index (χ3v) is 11.1. The molecule has 3 aliphatic rings. The third kappa shape index (κ3) is 3.01. The maximum atomic E-state index is 2.59. The highest BCUT2D eigenvalue weighted by atomic mass is 31.1. The number of hydrogen-bond donors (Lipinski definition) is 0. The number of fused-ring (bicyclic) bond motifs is 1. The monoisotopic (exact) mass is 319 g/mol. The van der Waals surface area contributed by atoms with E-state index >= 15 is 0 Å². The van der Waals surface area contributed by atoms with E-state index in [1.54, 1.807) is 31.2 Å². The van der Waals surface area contributed by atoms with Gasteiger partial charge in [0.1, 0.15) is 0 Å². The molecule has 2 saturated carbocycles. The second-order valence-corrected chi connectivity index (χ2v) is 11.4. The molecule has 1 aliphatic heterocycles. The van der Waals surface area contributed by atoms with Crippen molar-refractivity contribution in [3.05, 3.63) is 17.7 Å². The first-order valence-electron chi connectivity index (χ1n) is 9.24. The molecule has 0 radical (unpaired) electrons.